The number of fused-ring (bicyclic) bond motifs is 1. The van der Waals surface area contributed by atoms with Gasteiger partial charge in [0.25, 0.3) is 12.2 Å². The highest BCUT2D eigenvalue weighted by Crippen LogP contribution is 2.25. The fourth-order valence-corrected chi connectivity index (χ4v) is 1.72. The van der Waals surface area contributed by atoms with E-state index in [0.717, 1.165) is 5.56 Å². The number of para-hydroxylation sites is 1. The van der Waals surface area contributed by atoms with Gasteiger partial charge in [-0.05, 0) is 12.0 Å². The van der Waals surface area contributed by atoms with Crippen LogP contribution in [0.15, 0.2) is 24.3 Å². The maximum absolute atomic E-state index is 11.9. The molecule has 5 nitrogen and oxygen atoms in total. The summed E-state index contributed by atoms with van der Waals surface area (Å²) in [5.74, 6) is 0.724. The van der Waals surface area contributed by atoms with Crippen molar-refractivity contribution in [2.75, 3.05) is 6.54 Å². The van der Waals surface area contributed by atoms with E-state index in [-0.39, 0.29) is 24.4 Å². The molecule has 2 unspecified atom stereocenters. The topological polar surface area (TPSA) is 73.6 Å². The van der Waals surface area contributed by atoms with E-state index in [1.54, 1.807) is 0 Å². The first-order valence-corrected chi connectivity index (χ1v) is 6.47. The second-order valence-electron chi connectivity index (χ2n) is 5.02. The van der Waals surface area contributed by atoms with Crippen LogP contribution in [0.2, 0.25) is 0 Å². The molecule has 6 heteroatoms. The van der Waals surface area contributed by atoms with E-state index in [1.165, 1.54) is 0 Å². The van der Waals surface area contributed by atoms with Crippen molar-refractivity contribution in [3.8, 4) is 5.75 Å². The second kappa shape index (κ2) is 7.47. The Morgan fingerprint density at radius 1 is 1.45 bits per heavy atom. The Labute approximate surface area is 125 Å². The lowest BCUT2D eigenvalue weighted by molar-refractivity contribution is -0.159. The number of amides is 1. The number of halogens is 1. The van der Waals surface area contributed by atoms with E-state index < -0.39 is 6.29 Å². The maximum Gasteiger partial charge on any atom is 0.289 e. The van der Waals surface area contributed by atoms with Gasteiger partial charge in [-0.3, -0.25) is 4.79 Å². The monoisotopic (exact) mass is 300 g/mol. The molecule has 20 heavy (non-hydrogen) atoms. The number of nitrogens with one attached hydrogen (secondary N) is 1. The van der Waals surface area contributed by atoms with Crippen molar-refractivity contribution in [1.29, 1.82) is 0 Å². The standard InChI is InChI=1S/C14H20N2O3.ClH/c1-9(2)11(15)7-16-13(17)14-18-8-10-5-3-4-6-12(10)19-14;/h3-6,9,11,14H,7-8,15H2,1-2H3,(H,16,17);1H. The van der Waals surface area contributed by atoms with Crippen molar-refractivity contribution >= 4 is 18.3 Å². The molecule has 2 rings (SSSR count). The Morgan fingerprint density at radius 3 is 2.85 bits per heavy atom. The van der Waals surface area contributed by atoms with Crippen molar-refractivity contribution in [3.05, 3.63) is 29.8 Å². The van der Waals surface area contributed by atoms with Crippen LogP contribution in [0.5, 0.6) is 5.75 Å². The average Bonchev–Trinajstić information content (AvgIpc) is 2.43. The number of carbonyl (C=O) groups excluding carboxylic acids is 1. The van der Waals surface area contributed by atoms with Crippen LogP contribution in [0.4, 0.5) is 0 Å². The fraction of sp³-hybridized carbons (Fsp3) is 0.500. The summed E-state index contributed by atoms with van der Waals surface area (Å²) in [5.41, 5.74) is 6.82. The van der Waals surface area contributed by atoms with Crippen LogP contribution in [0, 0.1) is 5.92 Å². The molecule has 3 N–H and O–H groups in total. The first-order valence-electron chi connectivity index (χ1n) is 6.47. The lowest BCUT2D eigenvalue weighted by Gasteiger charge is -2.26. The number of hydrogen-bond donors (Lipinski definition) is 2. The van der Waals surface area contributed by atoms with E-state index in [9.17, 15) is 4.79 Å². The number of rotatable bonds is 4. The van der Waals surface area contributed by atoms with E-state index in [2.05, 4.69) is 5.32 Å². The van der Waals surface area contributed by atoms with Crippen LogP contribution in [0.25, 0.3) is 0 Å². The lowest BCUT2D eigenvalue weighted by atomic mass is 10.1. The third-order valence-corrected chi connectivity index (χ3v) is 3.18. The van der Waals surface area contributed by atoms with Crippen molar-refractivity contribution in [2.45, 2.75) is 32.8 Å². The molecule has 112 valence electrons. The SMILES string of the molecule is CC(C)C(N)CNC(=O)C1OCc2ccccc2O1.Cl. The molecule has 1 amide bonds. The van der Waals surface area contributed by atoms with Crippen molar-refractivity contribution < 1.29 is 14.3 Å². The molecule has 0 fully saturated rings. The first-order chi connectivity index (χ1) is 9.08. The van der Waals surface area contributed by atoms with Gasteiger partial charge in [0.2, 0.25) is 0 Å². The van der Waals surface area contributed by atoms with Gasteiger partial charge in [-0.25, -0.2) is 0 Å². The Hall–Kier alpha value is -1.30. The Balaban J connectivity index is 0.00000200. The summed E-state index contributed by atoms with van der Waals surface area (Å²) in [5, 5.41) is 2.75. The van der Waals surface area contributed by atoms with E-state index >= 15 is 0 Å². The highest BCUT2D eigenvalue weighted by molar-refractivity contribution is 5.85. The van der Waals surface area contributed by atoms with Gasteiger partial charge in [-0.15, -0.1) is 12.4 Å². The zero-order valence-corrected chi connectivity index (χ0v) is 12.5. The van der Waals surface area contributed by atoms with Gasteiger partial charge in [-0.1, -0.05) is 32.0 Å². The second-order valence-corrected chi connectivity index (χ2v) is 5.02. The minimum Gasteiger partial charge on any atom is -0.455 e. The molecule has 0 aliphatic carbocycles. The molecule has 1 aliphatic rings. The lowest BCUT2D eigenvalue weighted by Crippen LogP contribution is -2.47. The molecular formula is C14H21ClN2O3. The van der Waals surface area contributed by atoms with Gasteiger partial charge in [0.15, 0.2) is 0 Å². The summed E-state index contributed by atoms with van der Waals surface area (Å²) >= 11 is 0. The molecule has 0 spiro atoms. The molecule has 0 saturated heterocycles. The number of carbonyl (C=O) groups is 1. The summed E-state index contributed by atoms with van der Waals surface area (Å²) in [7, 11) is 0. The summed E-state index contributed by atoms with van der Waals surface area (Å²) < 4.78 is 10.9. The summed E-state index contributed by atoms with van der Waals surface area (Å²) in [6.07, 6.45) is -0.894. The predicted octanol–water partition coefficient (Wildman–Crippen LogP) is 1.44. The van der Waals surface area contributed by atoms with Crippen LogP contribution < -0.4 is 15.8 Å². The predicted molar refractivity (Wildman–Crippen MR) is 78.7 cm³/mol. The molecular weight excluding hydrogens is 280 g/mol. The zero-order valence-electron chi connectivity index (χ0n) is 11.7. The van der Waals surface area contributed by atoms with Crippen LogP contribution in [0.3, 0.4) is 0 Å². The van der Waals surface area contributed by atoms with Gasteiger partial charge in [0.05, 0.1) is 6.61 Å². The molecule has 1 aliphatic heterocycles. The number of hydrogen-bond acceptors (Lipinski definition) is 4. The van der Waals surface area contributed by atoms with Gasteiger partial charge >= 0.3 is 0 Å². The normalized spacial score (nSPS) is 18.5. The molecule has 0 saturated carbocycles. The van der Waals surface area contributed by atoms with E-state index in [0.29, 0.717) is 24.8 Å². The molecule has 1 aromatic rings. The minimum atomic E-state index is -0.894. The molecule has 2 atom stereocenters. The van der Waals surface area contributed by atoms with E-state index in [4.69, 9.17) is 15.2 Å². The molecule has 1 heterocycles. The van der Waals surface area contributed by atoms with E-state index in [1.807, 2.05) is 38.1 Å². The van der Waals surface area contributed by atoms with Crippen LogP contribution in [-0.2, 0) is 16.1 Å². The number of benzene rings is 1. The average molecular weight is 301 g/mol. The molecule has 1 aromatic carbocycles. The van der Waals surface area contributed by atoms with Crippen molar-refractivity contribution in [3.63, 3.8) is 0 Å². The minimum absolute atomic E-state index is 0. The smallest absolute Gasteiger partial charge is 0.289 e. The number of nitrogens with two attached hydrogens (primary N) is 1. The van der Waals surface area contributed by atoms with Crippen LogP contribution >= 0.6 is 12.4 Å². The highest BCUT2D eigenvalue weighted by atomic mass is 35.5. The van der Waals surface area contributed by atoms with Gasteiger partial charge in [-0.2, -0.15) is 0 Å². The zero-order chi connectivity index (χ0) is 13.8. The van der Waals surface area contributed by atoms with Gasteiger partial charge in [0, 0.05) is 18.2 Å². The highest BCUT2D eigenvalue weighted by Gasteiger charge is 2.26. The van der Waals surface area contributed by atoms with Crippen molar-refractivity contribution in [2.24, 2.45) is 11.7 Å². The Morgan fingerprint density at radius 2 is 2.15 bits per heavy atom. The van der Waals surface area contributed by atoms with Gasteiger partial charge < -0.3 is 20.5 Å². The van der Waals surface area contributed by atoms with Crippen LogP contribution in [-0.4, -0.2) is 24.8 Å². The van der Waals surface area contributed by atoms with Gasteiger partial charge in [0.1, 0.15) is 5.75 Å². The Kier molecular flexibility index (Phi) is 6.26. The quantitative estimate of drug-likeness (QED) is 0.882. The Bertz CT molecular complexity index is 454. The third kappa shape index (κ3) is 4.10. The number of ether oxygens (including phenoxy) is 2. The third-order valence-electron chi connectivity index (χ3n) is 3.18. The van der Waals surface area contributed by atoms with Crippen molar-refractivity contribution in [1.82, 2.24) is 5.32 Å². The summed E-state index contributed by atoms with van der Waals surface area (Å²) in [6, 6.07) is 7.46. The largest absolute Gasteiger partial charge is 0.455 e. The van der Waals surface area contributed by atoms with Crippen LogP contribution in [0.1, 0.15) is 19.4 Å². The maximum atomic E-state index is 11.9. The molecule has 0 radical (unpaired) electrons. The molecule has 0 bridgehead atoms. The summed E-state index contributed by atoms with van der Waals surface area (Å²) in [4.78, 5) is 11.9. The fourth-order valence-electron chi connectivity index (χ4n) is 1.72. The first kappa shape index (κ1) is 16.8. The molecule has 0 aromatic heterocycles. The summed E-state index contributed by atoms with van der Waals surface area (Å²) in [6.45, 7) is 4.83.